The van der Waals surface area contributed by atoms with Crippen molar-refractivity contribution >= 4 is 28.0 Å². The molecule has 104 valence electrons. The normalized spacial score (nSPS) is 17.3. The summed E-state index contributed by atoms with van der Waals surface area (Å²) < 4.78 is 7.04. The van der Waals surface area contributed by atoms with Crippen LogP contribution in [0.25, 0.3) is 0 Å². The molecule has 1 aromatic rings. The summed E-state index contributed by atoms with van der Waals surface area (Å²) in [7, 11) is 0. The quantitative estimate of drug-likeness (QED) is 0.678. The van der Waals surface area contributed by atoms with E-state index in [1.807, 2.05) is 6.20 Å². The molecule has 1 fully saturated rings. The number of rotatable bonds is 4. The van der Waals surface area contributed by atoms with Crippen molar-refractivity contribution in [2.75, 3.05) is 0 Å². The number of nitrogens with two attached hydrogens (primary N) is 1. The third kappa shape index (κ3) is 3.79. The minimum atomic E-state index is -1.06. The van der Waals surface area contributed by atoms with Gasteiger partial charge in [-0.2, -0.15) is 5.10 Å². The molecule has 2 N–H and O–H groups in total. The molecule has 1 aliphatic rings. The molecule has 0 spiro atoms. The smallest absolute Gasteiger partial charge is 0.376 e. The van der Waals surface area contributed by atoms with Crippen LogP contribution in [-0.4, -0.2) is 21.8 Å². The molecular weight excluding hydrogens is 314 g/mol. The molecule has 2 rings (SSSR count). The number of ether oxygens (including phenoxy) is 1. The molecule has 1 aromatic heterocycles. The van der Waals surface area contributed by atoms with E-state index in [0.29, 0.717) is 5.92 Å². The van der Waals surface area contributed by atoms with Crippen molar-refractivity contribution in [3.05, 3.63) is 16.9 Å². The van der Waals surface area contributed by atoms with E-state index in [9.17, 15) is 9.59 Å². The van der Waals surface area contributed by atoms with Gasteiger partial charge in [-0.25, -0.2) is 4.79 Å². The van der Waals surface area contributed by atoms with Crippen LogP contribution in [0.3, 0.4) is 0 Å². The number of primary amides is 1. The molecule has 19 heavy (non-hydrogen) atoms. The minimum Gasteiger partial charge on any atom is -0.376 e. The molecule has 0 radical (unpaired) electrons. The standard InChI is InChI=1S/C12H16BrN3O3/c13-9-6-15-16(7-9)10(8-3-1-2-4-8)5-11(17)19-12(14)18/h6-8,10H,1-5H2,(H2,14,18)/t10-/m1/s1. The summed E-state index contributed by atoms with van der Waals surface area (Å²) in [5.41, 5.74) is 4.85. The molecular formula is C12H16BrN3O3. The van der Waals surface area contributed by atoms with Crippen molar-refractivity contribution in [3.63, 3.8) is 0 Å². The van der Waals surface area contributed by atoms with Crippen LogP contribution in [0.15, 0.2) is 16.9 Å². The number of esters is 1. The van der Waals surface area contributed by atoms with E-state index in [-0.39, 0.29) is 12.5 Å². The summed E-state index contributed by atoms with van der Waals surface area (Å²) in [4.78, 5) is 22.2. The molecule has 1 atom stereocenters. The number of hydrogen-bond acceptors (Lipinski definition) is 4. The first kappa shape index (κ1) is 14.0. The van der Waals surface area contributed by atoms with E-state index in [1.165, 1.54) is 0 Å². The fourth-order valence-electron chi connectivity index (χ4n) is 2.64. The maximum Gasteiger partial charge on any atom is 0.412 e. The second-order valence-electron chi connectivity index (χ2n) is 4.75. The summed E-state index contributed by atoms with van der Waals surface area (Å²) in [5.74, 6) is -0.219. The van der Waals surface area contributed by atoms with Gasteiger partial charge >= 0.3 is 12.1 Å². The molecule has 0 aliphatic heterocycles. The van der Waals surface area contributed by atoms with Crippen molar-refractivity contribution in [2.24, 2.45) is 11.7 Å². The van der Waals surface area contributed by atoms with E-state index in [0.717, 1.165) is 30.2 Å². The average molecular weight is 330 g/mol. The highest BCUT2D eigenvalue weighted by molar-refractivity contribution is 9.10. The maximum absolute atomic E-state index is 11.6. The van der Waals surface area contributed by atoms with Gasteiger partial charge in [-0.15, -0.1) is 0 Å². The Bertz CT molecular complexity index is 469. The monoisotopic (exact) mass is 329 g/mol. The first-order chi connectivity index (χ1) is 9.06. The molecule has 1 amide bonds. The van der Waals surface area contributed by atoms with E-state index in [2.05, 4.69) is 25.8 Å². The first-order valence-corrected chi connectivity index (χ1v) is 7.05. The minimum absolute atomic E-state index is 0.0827. The molecule has 1 aliphatic carbocycles. The van der Waals surface area contributed by atoms with Crippen molar-refractivity contribution in [1.82, 2.24) is 9.78 Å². The van der Waals surface area contributed by atoms with Crippen molar-refractivity contribution in [1.29, 1.82) is 0 Å². The highest BCUT2D eigenvalue weighted by Gasteiger charge is 2.30. The lowest BCUT2D eigenvalue weighted by atomic mass is 9.95. The van der Waals surface area contributed by atoms with Gasteiger partial charge in [0.2, 0.25) is 0 Å². The van der Waals surface area contributed by atoms with Crippen LogP contribution in [-0.2, 0) is 9.53 Å². The Hall–Kier alpha value is -1.37. The van der Waals surface area contributed by atoms with E-state index in [4.69, 9.17) is 5.73 Å². The SMILES string of the molecule is NC(=O)OC(=O)C[C@H](C1CCCC1)n1cc(Br)cn1. The van der Waals surface area contributed by atoms with Crippen LogP contribution >= 0.6 is 15.9 Å². The largest absolute Gasteiger partial charge is 0.412 e. The summed E-state index contributed by atoms with van der Waals surface area (Å²) >= 11 is 3.34. The number of halogens is 1. The van der Waals surface area contributed by atoms with Gasteiger partial charge in [0.25, 0.3) is 0 Å². The number of nitrogens with zero attached hydrogens (tertiary/aromatic N) is 2. The Morgan fingerprint density at radius 1 is 1.53 bits per heavy atom. The predicted molar refractivity (Wildman–Crippen MR) is 71.2 cm³/mol. The lowest BCUT2D eigenvalue weighted by Crippen LogP contribution is -2.25. The highest BCUT2D eigenvalue weighted by atomic mass is 79.9. The summed E-state index contributed by atoms with van der Waals surface area (Å²) in [6.07, 6.45) is 7.02. The van der Waals surface area contributed by atoms with Crippen LogP contribution in [0, 0.1) is 5.92 Å². The van der Waals surface area contributed by atoms with Crippen LogP contribution in [0.1, 0.15) is 38.1 Å². The summed E-state index contributed by atoms with van der Waals surface area (Å²) in [6.45, 7) is 0. The topological polar surface area (TPSA) is 87.2 Å². The molecule has 6 nitrogen and oxygen atoms in total. The van der Waals surface area contributed by atoms with Crippen molar-refractivity contribution in [3.8, 4) is 0 Å². The first-order valence-electron chi connectivity index (χ1n) is 6.26. The van der Waals surface area contributed by atoms with E-state index in [1.54, 1.807) is 10.9 Å². The van der Waals surface area contributed by atoms with Crippen LogP contribution in [0.2, 0.25) is 0 Å². The fraction of sp³-hybridized carbons (Fsp3) is 0.583. The molecule has 7 heteroatoms. The zero-order valence-corrected chi connectivity index (χ0v) is 12.0. The Morgan fingerprint density at radius 3 is 2.74 bits per heavy atom. The van der Waals surface area contributed by atoms with Crippen LogP contribution in [0.4, 0.5) is 4.79 Å². The van der Waals surface area contributed by atoms with Crippen molar-refractivity contribution < 1.29 is 14.3 Å². The lowest BCUT2D eigenvalue weighted by molar-refractivity contribution is -0.138. The van der Waals surface area contributed by atoms with E-state index >= 15 is 0 Å². The van der Waals surface area contributed by atoms with Gasteiger partial charge in [0.1, 0.15) is 0 Å². The van der Waals surface area contributed by atoms with Gasteiger partial charge in [0.15, 0.2) is 0 Å². The zero-order chi connectivity index (χ0) is 13.8. The second kappa shape index (κ2) is 6.18. The van der Waals surface area contributed by atoms with Crippen LogP contribution in [0.5, 0.6) is 0 Å². The molecule has 1 heterocycles. The maximum atomic E-state index is 11.6. The van der Waals surface area contributed by atoms with E-state index < -0.39 is 12.1 Å². The number of amides is 1. The van der Waals surface area contributed by atoms with Gasteiger partial charge < -0.3 is 10.5 Å². The third-order valence-electron chi connectivity index (χ3n) is 3.44. The highest BCUT2D eigenvalue weighted by Crippen LogP contribution is 2.36. The van der Waals surface area contributed by atoms with Crippen LogP contribution < -0.4 is 5.73 Å². The summed E-state index contributed by atoms with van der Waals surface area (Å²) in [6, 6.07) is -0.0827. The Balaban J connectivity index is 2.10. The molecule has 0 bridgehead atoms. The zero-order valence-electron chi connectivity index (χ0n) is 10.4. The molecule has 0 saturated heterocycles. The van der Waals surface area contributed by atoms with Gasteiger partial charge in [-0.1, -0.05) is 12.8 Å². The second-order valence-corrected chi connectivity index (χ2v) is 5.66. The molecule has 0 unspecified atom stereocenters. The van der Waals surface area contributed by atoms with Gasteiger partial charge in [0.05, 0.1) is 23.1 Å². The Kier molecular flexibility index (Phi) is 4.57. The van der Waals surface area contributed by atoms with Gasteiger partial charge in [0, 0.05) is 6.20 Å². The Labute approximate surface area is 119 Å². The average Bonchev–Trinajstić information content (AvgIpc) is 2.95. The fourth-order valence-corrected chi connectivity index (χ4v) is 2.94. The molecule has 0 aromatic carbocycles. The predicted octanol–water partition coefficient (Wildman–Crippen LogP) is 2.39. The lowest BCUT2D eigenvalue weighted by Gasteiger charge is -2.22. The van der Waals surface area contributed by atoms with Crippen molar-refractivity contribution in [2.45, 2.75) is 38.1 Å². The number of carbonyl (C=O) groups is 2. The third-order valence-corrected chi connectivity index (χ3v) is 3.85. The van der Waals surface area contributed by atoms with Gasteiger partial charge in [-0.3, -0.25) is 9.48 Å². The number of hydrogen-bond donors (Lipinski definition) is 1. The number of aromatic nitrogens is 2. The molecule has 1 saturated carbocycles. The summed E-state index contributed by atoms with van der Waals surface area (Å²) in [5, 5.41) is 4.24. The Morgan fingerprint density at radius 2 is 2.21 bits per heavy atom. The number of carbonyl (C=O) groups excluding carboxylic acids is 2. The van der Waals surface area contributed by atoms with Gasteiger partial charge in [-0.05, 0) is 34.7 Å².